The molecule has 1 aliphatic heterocycles. The molecule has 2 aromatic rings. The van der Waals surface area contributed by atoms with Crippen LogP contribution >= 0.6 is 0 Å². The Balaban J connectivity index is 2.06. The Bertz CT molecular complexity index is 1140. The van der Waals surface area contributed by atoms with Gasteiger partial charge in [-0.1, -0.05) is 0 Å². The number of rotatable bonds is 10. The lowest BCUT2D eigenvalue weighted by molar-refractivity contribution is -0.122. The van der Waals surface area contributed by atoms with Gasteiger partial charge in [0.15, 0.2) is 0 Å². The standard InChI is InChI=1S/C26H31N3O6/c1-6-28(7-2)18-11-10-17(23(15-18)33-5)14-20-24(30)27-26(32)29(25(20)31)21-16-19(34-8-3)12-13-22(21)35-9-4/h10-16H,6-9H2,1-5H3,(H,27,30,32)/b20-14+. The Morgan fingerprint density at radius 1 is 0.914 bits per heavy atom. The summed E-state index contributed by atoms with van der Waals surface area (Å²) in [7, 11) is 1.52. The minimum absolute atomic E-state index is 0.183. The van der Waals surface area contributed by atoms with Crippen LogP contribution in [0.1, 0.15) is 33.3 Å². The van der Waals surface area contributed by atoms with Crippen molar-refractivity contribution in [2.24, 2.45) is 0 Å². The summed E-state index contributed by atoms with van der Waals surface area (Å²) in [5.74, 6) is -0.287. The highest BCUT2D eigenvalue weighted by molar-refractivity contribution is 6.39. The zero-order valence-corrected chi connectivity index (χ0v) is 20.7. The molecule has 9 heteroatoms. The number of methoxy groups -OCH3 is 1. The van der Waals surface area contributed by atoms with Gasteiger partial charge in [0.25, 0.3) is 11.8 Å². The highest BCUT2D eigenvalue weighted by Crippen LogP contribution is 2.35. The molecule has 0 radical (unpaired) electrons. The largest absolute Gasteiger partial charge is 0.496 e. The fraction of sp³-hybridized carbons (Fsp3) is 0.346. The number of amides is 4. The number of nitrogens with one attached hydrogen (secondary N) is 1. The van der Waals surface area contributed by atoms with Crippen LogP contribution in [0, 0.1) is 0 Å². The van der Waals surface area contributed by atoms with Crippen LogP contribution in [-0.2, 0) is 9.59 Å². The highest BCUT2D eigenvalue weighted by atomic mass is 16.5. The minimum Gasteiger partial charge on any atom is -0.496 e. The van der Waals surface area contributed by atoms with E-state index in [0.29, 0.717) is 36.0 Å². The first-order valence-corrected chi connectivity index (χ1v) is 11.6. The predicted octanol–water partition coefficient (Wildman–Crippen LogP) is 4.01. The lowest BCUT2D eigenvalue weighted by atomic mass is 10.0. The molecule has 0 saturated carbocycles. The van der Waals surface area contributed by atoms with Crippen molar-refractivity contribution in [1.29, 1.82) is 0 Å². The van der Waals surface area contributed by atoms with Gasteiger partial charge in [-0.05, 0) is 58.0 Å². The van der Waals surface area contributed by atoms with Gasteiger partial charge in [0, 0.05) is 36.5 Å². The van der Waals surface area contributed by atoms with Crippen LogP contribution in [0.4, 0.5) is 16.2 Å². The van der Waals surface area contributed by atoms with E-state index in [-0.39, 0.29) is 11.3 Å². The van der Waals surface area contributed by atoms with Crippen LogP contribution in [0.3, 0.4) is 0 Å². The number of urea groups is 1. The fourth-order valence-corrected chi connectivity index (χ4v) is 3.84. The third-order valence-electron chi connectivity index (χ3n) is 5.53. The molecule has 1 N–H and O–H groups in total. The Labute approximate surface area is 205 Å². The van der Waals surface area contributed by atoms with Crippen molar-refractivity contribution >= 4 is 35.3 Å². The average molecular weight is 482 g/mol. The second-order valence-electron chi connectivity index (χ2n) is 7.55. The molecule has 4 amide bonds. The normalized spacial score (nSPS) is 14.7. The van der Waals surface area contributed by atoms with Gasteiger partial charge in [0.05, 0.1) is 26.0 Å². The molecule has 3 rings (SSSR count). The van der Waals surface area contributed by atoms with Crippen LogP contribution in [0.25, 0.3) is 6.08 Å². The SMILES string of the molecule is CCOc1ccc(OCC)c(N2C(=O)NC(=O)/C(=C\c3ccc(N(CC)CC)cc3OC)C2=O)c1. The van der Waals surface area contributed by atoms with E-state index in [1.54, 1.807) is 31.2 Å². The smallest absolute Gasteiger partial charge is 0.336 e. The molecule has 2 aromatic carbocycles. The monoisotopic (exact) mass is 481 g/mol. The molecular weight excluding hydrogens is 450 g/mol. The second-order valence-corrected chi connectivity index (χ2v) is 7.55. The van der Waals surface area contributed by atoms with Crippen LogP contribution < -0.4 is 29.3 Å². The Morgan fingerprint density at radius 3 is 2.26 bits per heavy atom. The summed E-state index contributed by atoms with van der Waals surface area (Å²) in [6, 6.07) is 9.52. The third kappa shape index (κ3) is 5.40. The number of benzene rings is 2. The van der Waals surface area contributed by atoms with E-state index < -0.39 is 17.8 Å². The summed E-state index contributed by atoms with van der Waals surface area (Å²) in [5, 5.41) is 2.25. The molecule has 0 bridgehead atoms. The number of carbonyl (C=O) groups excluding carboxylic acids is 3. The molecule has 1 aliphatic rings. The van der Waals surface area contributed by atoms with E-state index in [2.05, 4.69) is 24.1 Å². The van der Waals surface area contributed by atoms with E-state index >= 15 is 0 Å². The van der Waals surface area contributed by atoms with Gasteiger partial charge in [-0.2, -0.15) is 0 Å². The molecule has 1 heterocycles. The number of anilines is 2. The summed E-state index contributed by atoms with van der Waals surface area (Å²) < 4.78 is 16.7. The minimum atomic E-state index is -0.865. The number of nitrogens with zero attached hydrogens (tertiary/aromatic N) is 2. The summed E-state index contributed by atoms with van der Waals surface area (Å²) in [5.41, 5.74) is 1.47. The number of barbiturate groups is 1. The molecule has 0 unspecified atom stereocenters. The van der Waals surface area contributed by atoms with Crippen LogP contribution in [0.15, 0.2) is 42.0 Å². The predicted molar refractivity (Wildman–Crippen MR) is 134 cm³/mol. The summed E-state index contributed by atoms with van der Waals surface area (Å²) in [4.78, 5) is 42.0. The third-order valence-corrected chi connectivity index (χ3v) is 5.53. The molecule has 0 spiro atoms. The number of hydrogen-bond acceptors (Lipinski definition) is 7. The molecule has 0 aliphatic carbocycles. The van der Waals surface area contributed by atoms with Crippen LogP contribution in [-0.4, -0.2) is 51.3 Å². The van der Waals surface area contributed by atoms with Gasteiger partial charge in [0.1, 0.15) is 22.8 Å². The van der Waals surface area contributed by atoms with Crippen molar-refractivity contribution in [3.05, 3.63) is 47.5 Å². The number of imide groups is 2. The van der Waals surface area contributed by atoms with Gasteiger partial charge < -0.3 is 19.1 Å². The zero-order valence-electron chi connectivity index (χ0n) is 20.7. The fourth-order valence-electron chi connectivity index (χ4n) is 3.84. The molecule has 186 valence electrons. The Hall–Kier alpha value is -4.01. The van der Waals surface area contributed by atoms with Gasteiger partial charge in [-0.15, -0.1) is 0 Å². The number of ether oxygens (including phenoxy) is 3. The van der Waals surface area contributed by atoms with Gasteiger partial charge in [0.2, 0.25) is 0 Å². The summed E-state index contributed by atoms with van der Waals surface area (Å²) in [6.07, 6.45) is 1.43. The lowest BCUT2D eigenvalue weighted by Gasteiger charge is -2.28. The van der Waals surface area contributed by atoms with Gasteiger partial charge in [-0.25, -0.2) is 9.69 Å². The van der Waals surface area contributed by atoms with E-state index in [1.807, 2.05) is 19.1 Å². The van der Waals surface area contributed by atoms with Gasteiger partial charge >= 0.3 is 6.03 Å². The Morgan fingerprint density at radius 2 is 1.63 bits per heavy atom. The first-order chi connectivity index (χ1) is 16.9. The molecule has 35 heavy (non-hydrogen) atoms. The maximum Gasteiger partial charge on any atom is 0.336 e. The van der Waals surface area contributed by atoms with Crippen molar-refractivity contribution < 1.29 is 28.6 Å². The van der Waals surface area contributed by atoms with Crippen molar-refractivity contribution in [3.8, 4) is 17.2 Å². The van der Waals surface area contributed by atoms with Crippen molar-refractivity contribution in [2.45, 2.75) is 27.7 Å². The van der Waals surface area contributed by atoms with E-state index in [1.165, 1.54) is 13.2 Å². The molecule has 1 saturated heterocycles. The summed E-state index contributed by atoms with van der Waals surface area (Å²) >= 11 is 0. The highest BCUT2D eigenvalue weighted by Gasteiger charge is 2.38. The molecule has 9 nitrogen and oxygen atoms in total. The topological polar surface area (TPSA) is 97.4 Å². The lowest BCUT2D eigenvalue weighted by Crippen LogP contribution is -2.54. The van der Waals surface area contributed by atoms with Crippen molar-refractivity contribution in [3.63, 3.8) is 0 Å². The van der Waals surface area contributed by atoms with Crippen molar-refractivity contribution in [2.75, 3.05) is 43.2 Å². The zero-order chi connectivity index (χ0) is 25.5. The molecular formula is C26H31N3O6. The van der Waals surface area contributed by atoms with Crippen LogP contribution in [0.5, 0.6) is 17.2 Å². The van der Waals surface area contributed by atoms with Gasteiger partial charge in [-0.3, -0.25) is 14.9 Å². The molecule has 0 aromatic heterocycles. The van der Waals surface area contributed by atoms with E-state index in [9.17, 15) is 14.4 Å². The number of carbonyl (C=O) groups is 3. The van der Waals surface area contributed by atoms with Crippen LogP contribution in [0.2, 0.25) is 0 Å². The first-order valence-electron chi connectivity index (χ1n) is 11.6. The first kappa shape index (κ1) is 25.6. The second kappa shape index (κ2) is 11.4. The maximum atomic E-state index is 13.5. The summed E-state index contributed by atoms with van der Waals surface area (Å²) in [6.45, 7) is 10.1. The molecule has 0 atom stereocenters. The van der Waals surface area contributed by atoms with E-state index in [0.717, 1.165) is 23.7 Å². The molecule has 1 fully saturated rings. The Kier molecular flexibility index (Phi) is 8.35. The quantitative estimate of drug-likeness (QED) is 0.405. The van der Waals surface area contributed by atoms with E-state index in [4.69, 9.17) is 14.2 Å². The maximum absolute atomic E-state index is 13.5. The average Bonchev–Trinajstić information content (AvgIpc) is 2.84. The number of hydrogen-bond donors (Lipinski definition) is 1. The van der Waals surface area contributed by atoms with Crippen molar-refractivity contribution in [1.82, 2.24) is 5.32 Å².